The molecule has 2 heteroatoms. The van der Waals surface area contributed by atoms with Crippen molar-refractivity contribution in [2.45, 2.75) is 71.5 Å². The van der Waals surface area contributed by atoms with Crippen LogP contribution in [0.5, 0.6) is 0 Å². The Labute approximate surface area is 129 Å². The maximum atomic E-state index is 3.73. The fraction of sp³-hybridized carbons (Fsp3) is 0.684. The third kappa shape index (κ3) is 2.89. The summed E-state index contributed by atoms with van der Waals surface area (Å²) in [5.41, 5.74) is 6.30. The molecule has 0 aromatic heterocycles. The lowest BCUT2D eigenvalue weighted by atomic mass is 9.89. The second kappa shape index (κ2) is 5.73. The molecule has 1 aliphatic heterocycles. The van der Waals surface area contributed by atoms with Gasteiger partial charge in [0.2, 0.25) is 0 Å². The van der Waals surface area contributed by atoms with E-state index in [1.165, 1.54) is 55.5 Å². The normalized spacial score (nSPS) is 25.6. The first kappa shape index (κ1) is 15.1. The monoisotopic (exact) mass is 286 g/mol. The van der Waals surface area contributed by atoms with E-state index in [0.29, 0.717) is 11.6 Å². The summed E-state index contributed by atoms with van der Waals surface area (Å²) in [4.78, 5) is 2.80. The van der Waals surface area contributed by atoms with Crippen LogP contribution in [0.2, 0.25) is 0 Å². The van der Waals surface area contributed by atoms with Gasteiger partial charge < -0.3 is 5.32 Å². The van der Waals surface area contributed by atoms with E-state index in [2.05, 4.69) is 50.0 Å². The SMILES string of the molecule is Cc1cc(C)c(CN2CC(C)NCC23CCCC3)c(C)c1. The van der Waals surface area contributed by atoms with Crippen molar-refractivity contribution in [2.24, 2.45) is 0 Å². The van der Waals surface area contributed by atoms with Gasteiger partial charge in [-0.3, -0.25) is 4.90 Å². The van der Waals surface area contributed by atoms with Crippen LogP contribution >= 0.6 is 0 Å². The molecule has 2 nitrogen and oxygen atoms in total. The predicted octanol–water partition coefficient (Wildman–Crippen LogP) is 3.72. The predicted molar refractivity (Wildman–Crippen MR) is 89.7 cm³/mol. The van der Waals surface area contributed by atoms with Crippen molar-refractivity contribution in [3.63, 3.8) is 0 Å². The van der Waals surface area contributed by atoms with Crippen LogP contribution < -0.4 is 5.32 Å². The van der Waals surface area contributed by atoms with Crippen molar-refractivity contribution in [1.82, 2.24) is 10.2 Å². The quantitative estimate of drug-likeness (QED) is 0.891. The van der Waals surface area contributed by atoms with Crippen molar-refractivity contribution in [2.75, 3.05) is 13.1 Å². The third-order valence-corrected chi connectivity index (χ3v) is 5.67. The first-order valence-electron chi connectivity index (χ1n) is 8.55. The molecule has 1 N–H and O–H groups in total. The van der Waals surface area contributed by atoms with Crippen molar-refractivity contribution in [1.29, 1.82) is 0 Å². The molecular formula is C19H30N2. The maximum Gasteiger partial charge on any atom is 0.0338 e. The highest BCUT2D eigenvalue weighted by molar-refractivity contribution is 5.37. The lowest BCUT2D eigenvalue weighted by Gasteiger charge is -2.48. The van der Waals surface area contributed by atoms with E-state index in [1.807, 2.05) is 0 Å². The molecule has 1 atom stereocenters. The summed E-state index contributed by atoms with van der Waals surface area (Å²) in [5, 5.41) is 3.73. The molecule has 1 aromatic carbocycles. The molecule has 1 heterocycles. The fourth-order valence-electron chi connectivity index (χ4n) is 4.47. The Balaban J connectivity index is 1.87. The van der Waals surface area contributed by atoms with E-state index in [1.54, 1.807) is 5.56 Å². The van der Waals surface area contributed by atoms with Gasteiger partial charge in [-0.05, 0) is 57.2 Å². The first-order valence-corrected chi connectivity index (χ1v) is 8.55. The molecule has 1 saturated carbocycles. The molecule has 1 saturated heterocycles. The Morgan fingerprint density at radius 1 is 1.14 bits per heavy atom. The number of hydrogen-bond donors (Lipinski definition) is 1. The Kier molecular flexibility index (Phi) is 4.11. The third-order valence-electron chi connectivity index (χ3n) is 5.67. The largest absolute Gasteiger partial charge is 0.311 e. The lowest BCUT2D eigenvalue weighted by molar-refractivity contribution is 0.0390. The van der Waals surface area contributed by atoms with Gasteiger partial charge in [-0.25, -0.2) is 0 Å². The molecule has 2 fully saturated rings. The molecule has 1 unspecified atom stereocenters. The van der Waals surface area contributed by atoms with E-state index in [9.17, 15) is 0 Å². The molecule has 3 rings (SSSR count). The van der Waals surface area contributed by atoms with Gasteiger partial charge in [0.1, 0.15) is 0 Å². The highest BCUT2D eigenvalue weighted by atomic mass is 15.3. The van der Waals surface area contributed by atoms with Crippen LogP contribution in [0.25, 0.3) is 0 Å². The summed E-state index contributed by atoms with van der Waals surface area (Å²) in [6.45, 7) is 12.6. The molecule has 2 aliphatic rings. The van der Waals surface area contributed by atoms with Gasteiger partial charge in [-0.2, -0.15) is 0 Å². The Hall–Kier alpha value is -0.860. The number of rotatable bonds is 2. The zero-order valence-electron chi connectivity index (χ0n) is 14.1. The van der Waals surface area contributed by atoms with Crippen LogP contribution in [-0.4, -0.2) is 29.6 Å². The Bertz CT molecular complexity index is 491. The lowest BCUT2D eigenvalue weighted by Crippen LogP contribution is -2.62. The zero-order valence-corrected chi connectivity index (χ0v) is 14.1. The van der Waals surface area contributed by atoms with Crippen LogP contribution in [0.3, 0.4) is 0 Å². The van der Waals surface area contributed by atoms with Gasteiger partial charge in [0.05, 0.1) is 0 Å². The minimum absolute atomic E-state index is 0.427. The van der Waals surface area contributed by atoms with E-state index in [0.717, 1.165) is 6.54 Å². The summed E-state index contributed by atoms with van der Waals surface area (Å²) in [5.74, 6) is 0. The van der Waals surface area contributed by atoms with Crippen LogP contribution in [0.15, 0.2) is 12.1 Å². The highest BCUT2D eigenvalue weighted by Crippen LogP contribution is 2.38. The summed E-state index contributed by atoms with van der Waals surface area (Å²) in [6.07, 6.45) is 5.55. The molecule has 21 heavy (non-hydrogen) atoms. The van der Waals surface area contributed by atoms with Crippen molar-refractivity contribution in [3.8, 4) is 0 Å². The highest BCUT2D eigenvalue weighted by Gasteiger charge is 2.42. The van der Waals surface area contributed by atoms with E-state index in [4.69, 9.17) is 0 Å². The minimum atomic E-state index is 0.427. The number of hydrogen-bond acceptors (Lipinski definition) is 2. The number of aryl methyl sites for hydroxylation is 3. The second-order valence-corrected chi connectivity index (χ2v) is 7.47. The molecule has 1 spiro atoms. The molecule has 0 bridgehead atoms. The van der Waals surface area contributed by atoms with Crippen LogP contribution in [0.4, 0.5) is 0 Å². The summed E-state index contributed by atoms with van der Waals surface area (Å²) < 4.78 is 0. The zero-order chi connectivity index (χ0) is 15.0. The summed E-state index contributed by atoms with van der Waals surface area (Å²) in [7, 11) is 0. The maximum absolute atomic E-state index is 3.73. The minimum Gasteiger partial charge on any atom is -0.311 e. The van der Waals surface area contributed by atoms with Gasteiger partial charge in [0.25, 0.3) is 0 Å². The second-order valence-electron chi connectivity index (χ2n) is 7.47. The summed E-state index contributed by atoms with van der Waals surface area (Å²) >= 11 is 0. The van der Waals surface area contributed by atoms with Crippen molar-refractivity contribution in [3.05, 3.63) is 34.4 Å². The van der Waals surface area contributed by atoms with Crippen molar-refractivity contribution >= 4 is 0 Å². The van der Waals surface area contributed by atoms with Crippen LogP contribution in [0, 0.1) is 20.8 Å². The van der Waals surface area contributed by atoms with Gasteiger partial charge in [0, 0.05) is 31.2 Å². The van der Waals surface area contributed by atoms with E-state index >= 15 is 0 Å². The molecule has 0 radical (unpaired) electrons. The average molecular weight is 286 g/mol. The molecule has 116 valence electrons. The van der Waals surface area contributed by atoms with E-state index in [-0.39, 0.29) is 0 Å². The van der Waals surface area contributed by atoms with E-state index < -0.39 is 0 Å². The van der Waals surface area contributed by atoms with Gasteiger partial charge in [-0.1, -0.05) is 30.5 Å². The van der Waals surface area contributed by atoms with Gasteiger partial charge >= 0.3 is 0 Å². The first-order chi connectivity index (χ1) is 10.00. The number of piperazine rings is 1. The van der Waals surface area contributed by atoms with Gasteiger partial charge in [-0.15, -0.1) is 0 Å². The molecular weight excluding hydrogens is 256 g/mol. The van der Waals surface area contributed by atoms with Gasteiger partial charge in [0.15, 0.2) is 0 Å². The Morgan fingerprint density at radius 2 is 1.76 bits per heavy atom. The number of benzene rings is 1. The molecule has 1 aromatic rings. The Morgan fingerprint density at radius 3 is 2.38 bits per heavy atom. The smallest absolute Gasteiger partial charge is 0.0338 e. The molecule has 0 amide bonds. The topological polar surface area (TPSA) is 15.3 Å². The number of nitrogens with zero attached hydrogens (tertiary/aromatic N) is 1. The standard InChI is InChI=1S/C19H30N2/c1-14-9-15(2)18(16(3)10-14)12-21-11-17(4)20-13-19(21)7-5-6-8-19/h9-10,17,20H,5-8,11-13H2,1-4H3. The van der Waals surface area contributed by atoms with Crippen molar-refractivity contribution < 1.29 is 0 Å². The van der Waals surface area contributed by atoms with Crippen LogP contribution in [-0.2, 0) is 6.54 Å². The average Bonchev–Trinajstić information content (AvgIpc) is 2.87. The number of nitrogens with one attached hydrogen (secondary N) is 1. The fourth-order valence-corrected chi connectivity index (χ4v) is 4.47. The molecule has 1 aliphatic carbocycles. The summed E-state index contributed by atoms with van der Waals surface area (Å²) in [6, 6.07) is 5.30. The van der Waals surface area contributed by atoms with Crippen LogP contribution in [0.1, 0.15) is 54.9 Å².